The van der Waals surface area contributed by atoms with Gasteiger partial charge in [-0.15, -0.1) is 11.3 Å². The highest BCUT2D eigenvalue weighted by molar-refractivity contribution is 7.12. The van der Waals surface area contributed by atoms with Crippen molar-refractivity contribution in [2.24, 2.45) is 0 Å². The Labute approximate surface area is 145 Å². The fourth-order valence-electron chi connectivity index (χ4n) is 2.46. The Hall–Kier alpha value is -2.53. The normalized spacial score (nSPS) is 10.6. The molecule has 3 aromatic rings. The van der Waals surface area contributed by atoms with Crippen molar-refractivity contribution in [2.45, 2.75) is 27.2 Å². The molecule has 0 fully saturated rings. The van der Waals surface area contributed by atoms with Crippen LogP contribution in [0.25, 0.3) is 11.3 Å². The Morgan fingerprint density at radius 1 is 1.08 bits per heavy atom. The summed E-state index contributed by atoms with van der Waals surface area (Å²) < 4.78 is 0. The number of anilines is 1. The third-order valence-corrected chi connectivity index (χ3v) is 4.60. The topological polar surface area (TPSA) is 54.9 Å². The lowest BCUT2D eigenvalue weighted by atomic mass is 10.1. The molecule has 0 bridgehead atoms. The van der Waals surface area contributed by atoms with Gasteiger partial charge in [-0.3, -0.25) is 4.79 Å². The first-order chi connectivity index (χ1) is 11.5. The zero-order valence-electron chi connectivity index (χ0n) is 14.0. The minimum atomic E-state index is -0.0786. The summed E-state index contributed by atoms with van der Waals surface area (Å²) in [7, 11) is 0. The first-order valence-electron chi connectivity index (χ1n) is 7.77. The van der Waals surface area contributed by atoms with Crippen LogP contribution in [0, 0.1) is 20.8 Å². The number of rotatable bonds is 4. The molecule has 2 heterocycles. The van der Waals surface area contributed by atoms with Crippen LogP contribution in [0.1, 0.15) is 21.0 Å². The Morgan fingerprint density at radius 3 is 2.54 bits per heavy atom. The number of nitrogens with zero attached hydrogens (tertiary/aromatic N) is 2. The van der Waals surface area contributed by atoms with Crippen molar-refractivity contribution < 1.29 is 4.79 Å². The molecule has 5 heteroatoms. The Kier molecular flexibility index (Phi) is 4.71. The number of thiazole rings is 1. The van der Waals surface area contributed by atoms with Gasteiger partial charge in [-0.05, 0) is 38.5 Å². The molecule has 0 saturated heterocycles. The largest absolute Gasteiger partial charge is 0.310 e. The lowest BCUT2D eigenvalue weighted by Gasteiger charge is -2.06. The van der Waals surface area contributed by atoms with E-state index in [0.717, 1.165) is 26.7 Å². The van der Waals surface area contributed by atoms with E-state index in [0.29, 0.717) is 12.2 Å². The van der Waals surface area contributed by atoms with Crippen LogP contribution >= 0.6 is 11.3 Å². The second-order valence-corrected chi connectivity index (χ2v) is 7.10. The van der Waals surface area contributed by atoms with E-state index < -0.39 is 0 Å². The molecular formula is C19H19N3OS. The SMILES string of the molecule is Cc1ccc(-c2nc(C)sc2CC(=O)Nc2cc(C)ccn2)cc1. The lowest BCUT2D eigenvalue weighted by molar-refractivity contribution is -0.115. The molecule has 122 valence electrons. The van der Waals surface area contributed by atoms with Crippen molar-refractivity contribution in [2.75, 3.05) is 5.32 Å². The standard InChI is InChI=1S/C19H19N3OS/c1-12-4-6-15(7-5-12)19-16(24-14(3)21-19)11-18(23)22-17-10-13(2)8-9-20-17/h4-10H,11H2,1-3H3,(H,20,22,23). The molecular weight excluding hydrogens is 318 g/mol. The number of aromatic nitrogens is 2. The Bertz CT molecular complexity index is 869. The molecule has 3 rings (SSSR count). The van der Waals surface area contributed by atoms with E-state index in [-0.39, 0.29) is 5.91 Å². The third kappa shape index (κ3) is 3.86. The van der Waals surface area contributed by atoms with E-state index in [1.54, 1.807) is 17.5 Å². The molecule has 0 unspecified atom stereocenters. The molecule has 0 aliphatic heterocycles. The molecule has 0 spiro atoms. The number of aryl methyl sites for hydroxylation is 3. The molecule has 1 aromatic carbocycles. The maximum absolute atomic E-state index is 12.4. The fraction of sp³-hybridized carbons (Fsp3) is 0.211. The van der Waals surface area contributed by atoms with Gasteiger partial charge in [-0.2, -0.15) is 0 Å². The smallest absolute Gasteiger partial charge is 0.230 e. The van der Waals surface area contributed by atoms with Crippen molar-refractivity contribution in [3.63, 3.8) is 0 Å². The first kappa shape index (κ1) is 16.3. The summed E-state index contributed by atoms with van der Waals surface area (Å²) in [5.74, 6) is 0.503. The Balaban J connectivity index is 1.80. The molecule has 0 atom stereocenters. The number of benzene rings is 1. The van der Waals surface area contributed by atoms with Gasteiger partial charge in [0, 0.05) is 16.6 Å². The summed E-state index contributed by atoms with van der Waals surface area (Å²) in [5.41, 5.74) is 4.20. The average molecular weight is 337 g/mol. The highest BCUT2D eigenvalue weighted by atomic mass is 32.1. The molecule has 1 N–H and O–H groups in total. The zero-order chi connectivity index (χ0) is 17.1. The molecule has 0 saturated carbocycles. The number of hydrogen-bond acceptors (Lipinski definition) is 4. The fourth-order valence-corrected chi connectivity index (χ4v) is 3.42. The van der Waals surface area contributed by atoms with Crippen molar-refractivity contribution in [1.29, 1.82) is 0 Å². The highest BCUT2D eigenvalue weighted by Gasteiger charge is 2.15. The molecule has 2 aromatic heterocycles. The van der Waals surface area contributed by atoms with Crippen LogP contribution in [0.4, 0.5) is 5.82 Å². The van der Waals surface area contributed by atoms with Crippen molar-refractivity contribution in [3.8, 4) is 11.3 Å². The lowest BCUT2D eigenvalue weighted by Crippen LogP contribution is -2.15. The number of hydrogen-bond donors (Lipinski definition) is 1. The van der Waals surface area contributed by atoms with Crippen molar-refractivity contribution in [1.82, 2.24) is 9.97 Å². The van der Waals surface area contributed by atoms with Gasteiger partial charge in [-0.25, -0.2) is 9.97 Å². The molecule has 1 amide bonds. The van der Waals surface area contributed by atoms with E-state index in [1.165, 1.54) is 5.56 Å². The second-order valence-electron chi connectivity index (χ2n) is 5.81. The number of amides is 1. The van der Waals surface area contributed by atoms with Crippen molar-refractivity contribution in [3.05, 3.63) is 63.6 Å². The second kappa shape index (κ2) is 6.93. The van der Waals surface area contributed by atoms with E-state index in [4.69, 9.17) is 0 Å². The predicted molar refractivity (Wildman–Crippen MR) is 98.3 cm³/mol. The van der Waals surface area contributed by atoms with Crippen LogP contribution < -0.4 is 5.32 Å². The summed E-state index contributed by atoms with van der Waals surface area (Å²) in [4.78, 5) is 22.1. The number of pyridine rings is 1. The van der Waals surface area contributed by atoms with E-state index in [1.807, 2.05) is 38.1 Å². The molecule has 0 aliphatic rings. The monoisotopic (exact) mass is 337 g/mol. The molecule has 0 aliphatic carbocycles. The average Bonchev–Trinajstić information content (AvgIpc) is 2.88. The van der Waals surface area contributed by atoms with Crippen LogP contribution in [0.15, 0.2) is 42.6 Å². The quantitative estimate of drug-likeness (QED) is 0.772. The third-order valence-electron chi connectivity index (χ3n) is 3.63. The minimum absolute atomic E-state index is 0.0786. The number of carbonyl (C=O) groups is 1. The van der Waals surface area contributed by atoms with Gasteiger partial charge in [0.15, 0.2) is 0 Å². The molecule has 4 nitrogen and oxygen atoms in total. The maximum atomic E-state index is 12.4. The van der Waals surface area contributed by atoms with E-state index in [2.05, 4.69) is 34.3 Å². The zero-order valence-corrected chi connectivity index (χ0v) is 14.8. The summed E-state index contributed by atoms with van der Waals surface area (Å²) in [6, 6.07) is 12.0. The van der Waals surface area contributed by atoms with Crippen molar-refractivity contribution >= 4 is 23.1 Å². The highest BCUT2D eigenvalue weighted by Crippen LogP contribution is 2.29. The van der Waals surface area contributed by atoms with Crippen LogP contribution in [-0.2, 0) is 11.2 Å². The van der Waals surface area contributed by atoms with Crippen LogP contribution in [0.3, 0.4) is 0 Å². The first-order valence-corrected chi connectivity index (χ1v) is 8.59. The summed E-state index contributed by atoms with van der Waals surface area (Å²) >= 11 is 1.56. The van der Waals surface area contributed by atoms with Crippen LogP contribution in [0.2, 0.25) is 0 Å². The summed E-state index contributed by atoms with van der Waals surface area (Å²) in [5, 5.41) is 3.82. The summed E-state index contributed by atoms with van der Waals surface area (Å²) in [6.07, 6.45) is 1.99. The summed E-state index contributed by atoms with van der Waals surface area (Å²) in [6.45, 7) is 5.99. The number of carbonyl (C=O) groups excluding carboxylic acids is 1. The van der Waals surface area contributed by atoms with Gasteiger partial charge in [0.2, 0.25) is 5.91 Å². The molecule has 24 heavy (non-hydrogen) atoms. The van der Waals surface area contributed by atoms with Gasteiger partial charge in [0.05, 0.1) is 17.1 Å². The molecule has 0 radical (unpaired) electrons. The van der Waals surface area contributed by atoms with Gasteiger partial charge in [0.1, 0.15) is 5.82 Å². The van der Waals surface area contributed by atoms with Gasteiger partial charge in [-0.1, -0.05) is 29.8 Å². The predicted octanol–water partition coefficient (Wildman–Crippen LogP) is 4.31. The van der Waals surface area contributed by atoms with Gasteiger partial charge in [0.25, 0.3) is 0 Å². The van der Waals surface area contributed by atoms with E-state index >= 15 is 0 Å². The van der Waals surface area contributed by atoms with Crippen LogP contribution in [-0.4, -0.2) is 15.9 Å². The van der Waals surface area contributed by atoms with Gasteiger partial charge < -0.3 is 5.32 Å². The maximum Gasteiger partial charge on any atom is 0.230 e. The van der Waals surface area contributed by atoms with Gasteiger partial charge >= 0.3 is 0 Å². The minimum Gasteiger partial charge on any atom is -0.310 e. The van der Waals surface area contributed by atoms with Crippen LogP contribution in [0.5, 0.6) is 0 Å². The Morgan fingerprint density at radius 2 is 1.83 bits per heavy atom. The van der Waals surface area contributed by atoms with E-state index in [9.17, 15) is 4.79 Å². The number of nitrogens with one attached hydrogen (secondary N) is 1.